The van der Waals surface area contributed by atoms with E-state index in [1.807, 2.05) is 6.07 Å². The molecule has 0 saturated carbocycles. The van der Waals surface area contributed by atoms with E-state index < -0.39 is 10.0 Å². The van der Waals surface area contributed by atoms with Crippen LogP contribution in [0.1, 0.15) is 12.8 Å². The molecular formula is C12H15NO2S. The molecular weight excluding hydrogens is 222 g/mol. The molecule has 0 radical (unpaired) electrons. The number of rotatable bonds is 2. The predicted molar refractivity (Wildman–Crippen MR) is 63.6 cm³/mol. The van der Waals surface area contributed by atoms with Crippen LogP contribution < -0.4 is 0 Å². The lowest BCUT2D eigenvalue weighted by molar-refractivity contribution is 0.395. The minimum atomic E-state index is -3.32. The molecule has 3 nitrogen and oxygen atoms in total. The molecule has 1 aromatic rings. The van der Waals surface area contributed by atoms with Crippen LogP contribution in [-0.2, 0) is 10.0 Å². The van der Waals surface area contributed by atoms with Crippen LogP contribution in [0.4, 0.5) is 0 Å². The third kappa shape index (κ3) is 2.18. The molecule has 0 unspecified atom stereocenters. The number of benzene rings is 1. The van der Waals surface area contributed by atoms with E-state index in [2.05, 4.69) is 6.58 Å². The molecule has 1 aliphatic rings. The van der Waals surface area contributed by atoms with Gasteiger partial charge in [-0.3, -0.25) is 0 Å². The van der Waals surface area contributed by atoms with Crippen molar-refractivity contribution in [1.82, 2.24) is 4.31 Å². The Balaban J connectivity index is 2.29. The van der Waals surface area contributed by atoms with E-state index >= 15 is 0 Å². The van der Waals surface area contributed by atoms with Gasteiger partial charge in [-0.2, -0.15) is 4.31 Å². The van der Waals surface area contributed by atoms with Crippen LogP contribution in [0.25, 0.3) is 0 Å². The Morgan fingerprint density at radius 2 is 1.88 bits per heavy atom. The van der Waals surface area contributed by atoms with E-state index in [1.165, 1.54) is 4.31 Å². The number of hydrogen-bond donors (Lipinski definition) is 0. The highest BCUT2D eigenvalue weighted by Gasteiger charge is 2.26. The fraction of sp³-hybridized carbons (Fsp3) is 0.333. The van der Waals surface area contributed by atoms with E-state index in [0.717, 1.165) is 18.4 Å². The summed E-state index contributed by atoms with van der Waals surface area (Å²) in [7, 11) is -3.32. The van der Waals surface area contributed by atoms with Gasteiger partial charge in [0.05, 0.1) is 4.90 Å². The summed E-state index contributed by atoms with van der Waals surface area (Å²) in [5, 5.41) is 0. The minimum Gasteiger partial charge on any atom is -0.207 e. The van der Waals surface area contributed by atoms with Gasteiger partial charge in [0.1, 0.15) is 0 Å². The number of piperidine rings is 1. The van der Waals surface area contributed by atoms with Gasteiger partial charge < -0.3 is 0 Å². The fourth-order valence-electron chi connectivity index (χ4n) is 1.86. The molecule has 2 rings (SSSR count). The molecule has 86 valence electrons. The van der Waals surface area contributed by atoms with Gasteiger partial charge in [-0.15, -0.1) is 0 Å². The fourth-order valence-corrected chi connectivity index (χ4v) is 3.38. The SMILES string of the molecule is C=C1CCCN(S(=O)(=O)c2ccccc2)C1. The standard InChI is InChI=1S/C12H15NO2S/c1-11-6-5-9-13(10-11)16(14,15)12-7-3-2-4-8-12/h2-4,7-8H,1,5-6,9-10H2. The second-order valence-electron chi connectivity index (χ2n) is 4.01. The molecule has 0 N–H and O–H groups in total. The third-order valence-corrected chi connectivity index (χ3v) is 4.58. The van der Waals surface area contributed by atoms with Crippen LogP contribution in [0.2, 0.25) is 0 Å². The van der Waals surface area contributed by atoms with Crippen molar-refractivity contribution in [2.75, 3.05) is 13.1 Å². The summed E-state index contributed by atoms with van der Waals surface area (Å²) in [6.45, 7) is 4.91. The monoisotopic (exact) mass is 237 g/mol. The molecule has 1 saturated heterocycles. The first-order valence-electron chi connectivity index (χ1n) is 5.32. The average molecular weight is 237 g/mol. The van der Waals surface area contributed by atoms with Crippen LogP contribution >= 0.6 is 0 Å². The molecule has 1 aromatic carbocycles. The van der Waals surface area contributed by atoms with Gasteiger partial charge >= 0.3 is 0 Å². The lowest BCUT2D eigenvalue weighted by atomic mass is 10.1. The molecule has 4 heteroatoms. The molecule has 0 spiro atoms. The van der Waals surface area contributed by atoms with Gasteiger partial charge in [-0.25, -0.2) is 8.42 Å². The van der Waals surface area contributed by atoms with Crippen LogP contribution in [-0.4, -0.2) is 25.8 Å². The van der Waals surface area contributed by atoms with Crippen molar-refractivity contribution in [3.05, 3.63) is 42.5 Å². The van der Waals surface area contributed by atoms with Gasteiger partial charge in [-0.05, 0) is 25.0 Å². The summed E-state index contributed by atoms with van der Waals surface area (Å²) in [4.78, 5) is 0.365. The van der Waals surface area contributed by atoms with E-state index in [4.69, 9.17) is 0 Å². The average Bonchev–Trinajstić information content (AvgIpc) is 2.30. The first-order chi connectivity index (χ1) is 7.60. The van der Waals surface area contributed by atoms with Crippen LogP contribution in [0.15, 0.2) is 47.4 Å². The first kappa shape index (κ1) is 11.4. The molecule has 1 fully saturated rings. The van der Waals surface area contributed by atoms with E-state index in [-0.39, 0.29) is 0 Å². The van der Waals surface area contributed by atoms with Gasteiger partial charge in [0.2, 0.25) is 10.0 Å². The van der Waals surface area contributed by atoms with E-state index in [0.29, 0.717) is 18.0 Å². The smallest absolute Gasteiger partial charge is 0.207 e. The Kier molecular flexibility index (Phi) is 3.12. The van der Waals surface area contributed by atoms with Crippen molar-refractivity contribution in [3.8, 4) is 0 Å². The molecule has 1 heterocycles. The van der Waals surface area contributed by atoms with Crippen molar-refractivity contribution in [2.24, 2.45) is 0 Å². The zero-order valence-electron chi connectivity index (χ0n) is 9.09. The topological polar surface area (TPSA) is 37.4 Å². The highest BCUT2D eigenvalue weighted by atomic mass is 32.2. The van der Waals surface area contributed by atoms with Crippen LogP contribution in [0.3, 0.4) is 0 Å². The number of hydrogen-bond acceptors (Lipinski definition) is 2. The second-order valence-corrected chi connectivity index (χ2v) is 5.94. The van der Waals surface area contributed by atoms with Crippen molar-refractivity contribution < 1.29 is 8.42 Å². The molecule has 0 aromatic heterocycles. The largest absolute Gasteiger partial charge is 0.243 e. The normalized spacial score (nSPS) is 18.6. The Labute approximate surface area is 96.4 Å². The van der Waals surface area contributed by atoms with Crippen LogP contribution in [0.5, 0.6) is 0 Å². The molecule has 0 atom stereocenters. The van der Waals surface area contributed by atoms with Gasteiger partial charge in [0.25, 0.3) is 0 Å². The third-order valence-electron chi connectivity index (χ3n) is 2.72. The molecule has 16 heavy (non-hydrogen) atoms. The highest BCUT2D eigenvalue weighted by Crippen LogP contribution is 2.21. The minimum absolute atomic E-state index is 0.365. The summed E-state index contributed by atoms with van der Waals surface area (Å²) < 4.78 is 25.9. The highest BCUT2D eigenvalue weighted by molar-refractivity contribution is 7.89. The summed E-state index contributed by atoms with van der Waals surface area (Å²) in [6.07, 6.45) is 1.80. The van der Waals surface area contributed by atoms with Crippen molar-refractivity contribution in [3.63, 3.8) is 0 Å². The summed E-state index contributed by atoms with van der Waals surface area (Å²) in [5.74, 6) is 0. The lowest BCUT2D eigenvalue weighted by Crippen LogP contribution is -2.36. The first-order valence-corrected chi connectivity index (χ1v) is 6.76. The molecule has 0 amide bonds. The molecule has 0 bridgehead atoms. The van der Waals surface area contributed by atoms with Crippen molar-refractivity contribution in [1.29, 1.82) is 0 Å². The lowest BCUT2D eigenvalue weighted by Gasteiger charge is -2.27. The maximum absolute atomic E-state index is 12.2. The quantitative estimate of drug-likeness (QED) is 0.738. The summed E-state index contributed by atoms with van der Waals surface area (Å²) in [6, 6.07) is 8.56. The van der Waals surface area contributed by atoms with Gasteiger partial charge in [-0.1, -0.05) is 30.4 Å². The Bertz CT molecular complexity index is 479. The zero-order chi connectivity index (χ0) is 11.6. The van der Waals surface area contributed by atoms with E-state index in [1.54, 1.807) is 24.3 Å². The van der Waals surface area contributed by atoms with Crippen molar-refractivity contribution in [2.45, 2.75) is 17.7 Å². The number of nitrogens with zero attached hydrogens (tertiary/aromatic N) is 1. The maximum Gasteiger partial charge on any atom is 0.243 e. The van der Waals surface area contributed by atoms with Gasteiger partial charge in [0, 0.05) is 13.1 Å². The zero-order valence-corrected chi connectivity index (χ0v) is 9.91. The van der Waals surface area contributed by atoms with E-state index in [9.17, 15) is 8.42 Å². The van der Waals surface area contributed by atoms with Gasteiger partial charge in [0.15, 0.2) is 0 Å². The molecule has 0 aliphatic carbocycles. The Hall–Kier alpha value is -1.13. The summed E-state index contributed by atoms with van der Waals surface area (Å²) >= 11 is 0. The predicted octanol–water partition coefficient (Wildman–Crippen LogP) is 2.03. The summed E-state index contributed by atoms with van der Waals surface area (Å²) in [5.41, 5.74) is 0.991. The van der Waals surface area contributed by atoms with Crippen molar-refractivity contribution >= 4 is 10.0 Å². The molecule has 1 aliphatic heterocycles. The Morgan fingerprint density at radius 1 is 1.19 bits per heavy atom. The maximum atomic E-state index is 12.2. The number of sulfonamides is 1. The Morgan fingerprint density at radius 3 is 2.50 bits per heavy atom. The van der Waals surface area contributed by atoms with Crippen LogP contribution in [0, 0.1) is 0 Å². The second kappa shape index (κ2) is 4.39.